The van der Waals surface area contributed by atoms with Crippen LogP contribution < -0.4 is 24.8 Å². The lowest BCUT2D eigenvalue weighted by atomic mass is 10.1. The van der Waals surface area contributed by atoms with Crippen molar-refractivity contribution in [3.8, 4) is 17.2 Å². The van der Waals surface area contributed by atoms with Crippen LogP contribution >= 0.6 is 0 Å². The van der Waals surface area contributed by atoms with Gasteiger partial charge in [-0.3, -0.25) is 19.2 Å². The highest BCUT2D eigenvalue weighted by Crippen LogP contribution is 2.29. The van der Waals surface area contributed by atoms with Crippen LogP contribution in [-0.4, -0.2) is 86.5 Å². The predicted molar refractivity (Wildman–Crippen MR) is 146 cm³/mol. The van der Waals surface area contributed by atoms with Crippen molar-refractivity contribution in [3.63, 3.8) is 0 Å². The summed E-state index contributed by atoms with van der Waals surface area (Å²) >= 11 is 0. The molecule has 11 nitrogen and oxygen atoms in total. The molecule has 2 aromatic carbocycles. The molecule has 0 spiro atoms. The number of nitrogens with one attached hydrogen (secondary N) is 2. The van der Waals surface area contributed by atoms with Gasteiger partial charge in [-0.25, -0.2) is 0 Å². The molecule has 1 saturated heterocycles. The molecule has 0 radical (unpaired) electrons. The third-order valence-electron chi connectivity index (χ3n) is 6.94. The highest BCUT2D eigenvalue weighted by Gasteiger charge is 2.37. The summed E-state index contributed by atoms with van der Waals surface area (Å²) in [7, 11) is 4.83. The Bertz CT molecular complexity index is 1230. The Morgan fingerprint density at radius 3 is 2.48 bits per heavy atom. The molecule has 4 bridgehead atoms. The molecule has 2 N–H and O–H groups in total. The summed E-state index contributed by atoms with van der Waals surface area (Å²) in [6.07, 6.45) is 0.417. The molecule has 5 heterocycles. The number of hydrogen-bond donors (Lipinski definition) is 2. The molecule has 0 aromatic heterocycles. The first-order chi connectivity index (χ1) is 19.2. The van der Waals surface area contributed by atoms with Gasteiger partial charge >= 0.3 is 0 Å². The first kappa shape index (κ1) is 28.7. The fourth-order valence-corrected chi connectivity index (χ4v) is 4.61. The van der Waals surface area contributed by atoms with E-state index in [1.165, 1.54) is 12.0 Å². The molecule has 214 valence electrons. The monoisotopic (exact) mass is 552 g/mol. The van der Waals surface area contributed by atoms with Crippen molar-refractivity contribution in [1.82, 2.24) is 20.4 Å². The third-order valence-corrected chi connectivity index (χ3v) is 6.94. The number of nitrogens with zero attached hydrogens (tertiary/aromatic N) is 2. The van der Waals surface area contributed by atoms with Crippen LogP contribution in [0.5, 0.6) is 17.2 Å². The van der Waals surface area contributed by atoms with E-state index in [-0.39, 0.29) is 62.6 Å². The predicted octanol–water partition coefficient (Wildman–Crippen LogP) is 1.28. The number of hydrogen-bond acceptors (Lipinski definition) is 7. The zero-order valence-corrected chi connectivity index (χ0v) is 23.1. The van der Waals surface area contributed by atoms with E-state index in [9.17, 15) is 19.2 Å². The number of aryl methyl sites for hydroxylation is 1. The first-order valence-corrected chi connectivity index (χ1v) is 13.3. The quantitative estimate of drug-likeness (QED) is 0.585. The molecule has 0 unspecified atom stereocenters. The van der Waals surface area contributed by atoms with Gasteiger partial charge in [-0.1, -0.05) is 18.2 Å². The molecule has 0 saturated carbocycles. The molecule has 4 amide bonds. The highest BCUT2D eigenvalue weighted by atomic mass is 16.5. The van der Waals surface area contributed by atoms with E-state index < -0.39 is 12.1 Å². The number of benzene rings is 2. The Balaban J connectivity index is 1.51. The van der Waals surface area contributed by atoms with E-state index in [4.69, 9.17) is 14.2 Å². The maximum absolute atomic E-state index is 13.0. The van der Waals surface area contributed by atoms with Crippen molar-refractivity contribution in [2.24, 2.45) is 0 Å². The fourth-order valence-electron chi connectivity index (χ4n) is 4.61. The SMILES string of the molecule is COc1cc2ccc1OCC(=O)NCc1ccc(cc1)O[C@H]1CN(C(=O)CCC(=O)N(C)C)C[C@@H]1NC(=O)CC2. The minimum absolute atomic E-state index is 0.0896. The van der Waals surface area contributed by atoms with E-state index in [2.05, 4.69) is 10.6 Å². The average molecular weight is 553 g/mol. The standard InChI is InChI=1S/C29H36N4O7/c1-32(2)28(36)12-13-29(37)33-16-22-25(17-33)40-21-8-4-20(5-9-21)15-30-27(35)18-39-23-10-6-19(14-24(23)38-3)7-11-26(34)31-22/h4-6,8-10,14,22,25H,7,11-13,15-18H2,1-3H3,(H,30,35)(H,31,34)/t22-,25-/m0/s1. The number of likely N-dealkylation sites (tertiary alicyclic amines) is 1. The average Bonchev–Trinajstić information content (AvgIpc) is 3.34. The summed E-state index contributed by atoms with van der Waals surface area (Å²) < 4.78 is 17.3. The van der Waals surface area contributed by atoms with Crippen molar-refractivity contribution in [1.29, 1.82) is 0 Å². The van der Waals surface area contributed by atoms with Gasteiger partial charge < -0.3 is 34.6 Å². The van der Waals surface area contributed by atoms with Crippen LogP contribution in [0.3, 0.4) is 0 Å². The Labute approximate surface area is 233 Å². The first-order valence-electron chi connectivity index (χ1n) is 13.3. The summed E-state index contributed by atoms with van der Waals surface area (Å²) in [5.74, 6) is 0.773. The normalized spacial score (nSPS) is 19.5. The maximum atomic E-state index is 13.0. The number of amides is 4. The largest absolute Gasteiger partial charge is 0.493 e. The second-order valence-electron chi connectivity index (χ2n) is 10.1. The van der Waals surface area contributed by atoms with E-state index in [1.807, 2.05) is 18.2 Å². The van der Waals surface area contributed by atoms with Gasteiger partial charge in [0.05, 0.1) is 19.7 Å². The van der Waals surface area contributed by atoms with E-state index in [0.717, 1.165) is 11.1 Å². The molecule has 2 aromatic rings. The Morgan fingerprint density at radius 1 is 1.00 bits per heavy atom. The van der Waals surface area contributed by atoms with Crippen LogP contribution in [0.25, 0.3) is 0 Å². The topological polar surface area (TPSA) is 127 Å². The highest BCUT2D eigenvalue weighted by molar-refractivity contribution is 5.84. The van der Waals surface area contributed by atoms with E-state index >= 15 is 0 Å². The van der Waals surface area contributed by atoms with E-state index in [1.54, 1.807) is 43.3 Å². The second kappa shape index (κ2) is 13.2. The van der Waals surface area contributed by atoms with Crippen LogP contribution in [0.1, 0.15) is 30.4 Å². The van der Waals surface area contributed by atoms with Crippen molar-refractivity contribution in [3.05, 3.63) is 53.6 Å². The molecule has 7 rings (SSSR count). The van der Waals surface area contributed by atoms with Crippen LogP contribution in [0.2, 0.25) is 0 Å². The molecule has 5 aliphatic heterocycles. The Hall–Kier alpha value is -4.28. The van der Waals surface area contributed by atoms with Crippen molar-refractivity contribution in [2.75, 3.05) is 40.9 Å². The van der Waals surface area contributed by atoms with Crippen LogP contribution in [-0.2, 0) is 32.1 Å². The van der Waals surface area contributed by atoms with Gasteiger partial charge in [0, 0.05) is 46.4 Å². The van der Waals surface area contributed by atoms with Crippen molar-refractivity contribution < 1.29 is 33.4 Å². The second-order valence-corrected chi connectivity index (χ2v) is 10.1. The Morgan fingerprint density at radius 2 is 1.75 bits per heavy atom. The summed E-state index contributed by atoms with van der Waals surface area (Å²) in [6.45, 7) is 0.723. The molecular weight excluding hydrogens is 516 g/mol. The zero-order valence-electron chi connectivity index (χ0n) is 23.1. The van der Waals surface area contributed by atoms with Gasteiger partial charge in [-0.15, -0.1) is 0 Å². The minimum atomic E-state index is -0.467. The van der Waals surface area contributed by atoms with Gasteiger partial charge in [0.2, 0.25) is 17.7 Å². The smallest absolute Gasteiger partial charge is 0.258 e. The molecule has 5 aliphatic rings. The molecule has 40 heavy (non-hydrogen) atoms. The van der Waals surface area contributed by atoms with Crippen LogP contribution in [0, 0.1) is 0 Å². The number of carbonyl (C=O) groups excluding carboxylic acids is 4. The minimum Gasteiger partial charge on any atom is -0.493 e. The van der Waals surface area contributed by atoms with Gasteiger partial charge in [0.1, 0.15) is 11.9 Å². The summed E-state index contributed by atoms with van der Waals surface area (Å²) in [4.78, 5) is 53.3. The summed E-state index contributed by atoms with van der Waals surface area (Å²) in [5.41, 5.74) is 1.75. The van der Waals surface area contributed by atoms with Crippen molar-refractivity contribution >= 4 is 23.6 Å². The zero-order chi connectivity index (χ0) is 28.6. The lowest BCUT2D eigenvalue weighted by Gasteiger charge is -2.21. The molecule has 1 fully saturated rings. The van der Waals surface area contributed by atoms with E-state index in [0.29, 0.717) is 30.2 Å². The van der Waals surface area contributed by atoms with Crippen LogP contribution in [0.4, 0.5) is 0 Å². The molecular formula is C29H36N4O7. The van der Waals surface area contributed by atoms with Gasteiger partial charge in [0.15, 0.2) is 18.1 Å². The lowest BCUT2D eigenvalue weighted by Crippen LogP contribution is -2.45. The lowest BCUT2D eigenvalue weighted by molar-refractivity contribution is -0.135. The maximum Gasteiger partial charge on any atom is 0.258 e. The van der Waals surface area contributed by atoms with Gasteiger partial charge in [-0.2, -0.15) is 0 Å². The Kier molecular flexibility index (Phi) is 9.47. The number of carbonyl (C=O) groups is 4. The molecule has 0 aliphatic carbocycles. The van der Waals surface area contributed by atoms with Crippen LogP contribution in [0.15, 0.2) is 42.5 Å². The molecule has 2 atom stereocenters. The third kappa shape index (κ3) is 7.64. The summed E-state index contributed by atoms with van der Waals surface area (Å²) in [5, 5.41) is 5.88. The summed E-state index contributed by atoms with van der Waals surface area (Å²) in [6, 6.07) is 12.2. The number of rotatable bonds is 4. The fraction of sp³-hybridized carbons (Fsp3) is 0.448. The van der Waals surface area contributed by atoms with Gasteiger partial charge in [0.25, 0.3) is 5.91 Å². The number of ether oxygens (including phenoxy) is 3. The molecule has 11 heteroatoms. The van der Waals surface area contributed by atoms with Crippen molar-refractivity contribution in [2.45, 2.75) is 44.4 Å². The number of methoxy groups -OCH3 is 1. The van der Waals surface area contributed by atoms with Gasteiger partial charge in [-0.05, 0) is 41.8 Å².